The van der Waals surface area contributed by atoms with Crippen LogP contribution in [0.1, 0.15) is 0 Å². The summed E-state index contributed by atoms with van der Waals surface area (Å²) in [6.07, 6.45) is 1.83. The Kier molecular flexibility index (Phi) is 2.23. The number of hydrogen-bond donors (Lipinski definition) is 1. The van der Waals surface area contributed by atoms with E-state index in [9.17, 15) is 5.11 Å². The van der Waals surface area contributed by atoms with Gasteiger partial charge in [0.2, 0.25) is 0 Å². The number of phenolic OH excluding ortho intramolecular Hbond substituents is 1. The van der Waals surface area contributed by atoms with Crippen LogP contribution in [-0.4, -0.2) is 19.7 Å². The highest BCUT2D eigenvalue weighted by atomic mass is 35.5. The first kappa shape index (κ1) is 10.1. The van der Waals surface area contributed by atoms with E-state index in [2.05, 4.69) is 10.2 Å². The predicted molar refractivity (Wildman–Crippen MR) is 65.1 cm³/mol. The number of benzene rings is 1. The van der Waals surface area contributed by atoms with Crippen molar-refractivity contribution < 1.29 is 5.11 Å². The van der Waals surface area contributed by atoms with E-state index < -0.39 is 0 Å². The summed E-state index contributed by atoms with van der Waals surface area (Å²) >= 11 is 6.02. The molecule has 0 aliphatic carbocycles. The molecule has 84 valence electrons. The Bertz CT molecular complexity index is 693. The molecule has 2 heterocycles. The summed E-state index contributed by atoms with van der Waals surface area (Å²) in [6.45, 7) is 0. The SMILES string of the molecule is Oc1cccc(-c2nnc3c(Cl)cccn23)c1. The van der Waals surface area contributed by atoms with E-state index in [4.69, 9.17) is 11.6 Å². The zero-order valence-corrected chi connectivity index (χ0v) is 9.46. The third kappa shape index (κ3) is 1.62. The van der Waals surface area contributed by atoms with Crippen molar-refractivity contribution in [2.24, 2.45) is 0 Å². The van der Waals surface area contributed by atoms with Crippen molar-refractivity contribution in [1.29, 1.82) is 0 Å². The highest BCUT2D eigenvalue weighted by Crippen LogP contribution is 2.24. The lowest BCUT2D eigenvalue weighted by molar-refractivity contribution is 0.475. The van der Waals surface area contributed by atoms with Gasteiger partial charge in [0.15, 0.2) is 11.5 Å². The highest BCUT2D eigenvalue weighted by molar-refractivity contribution is 6.33. The molecule has 1 aromatic carbocycles. The van der Waals surface area contributed by atoms with Crippen molar-refractivity contribution >= 4 is 17.2 Å². The molecule has 0 aliphatic rings. The number of hydrogen-bond acceptors (Lipinski definition) is 3. The van der Waals surface area contributed by atoms with E-state index in [0.29, 0.717) is 16.5 Å². The molecule has 0 atom stereocenters. The van der Waals surface area contributed by atoms with Gasteiger partial charge in [-0.15, -0.1) is 10.2 Å². The maximum absolute atomic E-state index is 9.46. The second-order valence-corrected chi connectivity index (χ2v) is 4.03. The minimum Gasteiger partial charge on any atom is -0.508 e. The van der Waals surface area contributed by atoms with Crippen molar-refractivity contribution in [3.63, 3.8) is 0 Å². The molecule has 1 N–H and O–H groups in total. The first-order chi connectivity index (χ1) is 8.25. The van der Waals surface area contributed by atoms with Crippen LogP contribution in [0.3, 0.4) is 0 Å². The Morgan fingerprint density at radius 2 is 2.00 bits per heavy atom. The van der Waals surface area contributed by atoms with E-state index in [1.807, 2.05) is 18.3 Å². The van der Waals surface area contributed by atoms with E-state index in [1.165, 1.54) is 0 Å². The number of fused-ring (bicyclic) bond motifs is 1. The molecular weight excluding hydrogens is 238 g/mol. The summed E-state index contributed by atoms with van der Waals surface area (Å²) in [6, 6.07) is 10.5. The van der Waals surface area contributed by atoms with Crippen LogP contribution in [0.5, 0.6) is 5.75 Å². The molecule has 2 aromatic heterocycles. The average Bonchev–Trinajstić information content (AvgIpc) is 2.74. The summed E-state index contributed by atoms with van der Waals surface area (Å²) in [5, 5.41) is 18.1. The minimum atomic E-state index is 0.196. The number of rotatable bonds is 1. The largest absolute Gasteiger partial charge is 0.508 e. The predicted octanol–water partition coefficient (Wildman–Crippen LogP) is 2.76. The molecule has 0 radical (unpaired) electrons. The molecule has 5 heteroatoms. The zero-order chi connectivity index (χ0) is 11.8. The molecule has 4 nitrogen and oxygen atoms in total. The second-order valence-electron chi connectivity index (χ2n) is 3.62. The fourth-order valence-corrected chi connectivity index (χ4v) is 1.93. The van der Waals surface area contributed by atoms with Crippen molar-refractivity contribution in [3.05, 3.63) is 47.6 Å². The van der Waals surface area contributed by atoms with Gasteiger partial charge in [0.05, 0.1) is 5.02 Å². The van der Waals surface area contributed by atoms with Gasteiger partial charge in [-0.2, -0.15) is 0 Å². The van der Waals surface area contributed by atoms with Crippen molar-refractivity contribution in [2.75, 3.05) is 0 Å². The van der Waals surface area contributed by atoms with E-state index in [1.54, 1.807) is 28.7 Å². The van der Waals surface area contributed by atoms with Crippen LogP contribution in [0.15, 0.2) is 42.6 Å². The lowest BCUT2D eigenvalue weighted by Crippen LogP contribution is -1.88. The monoisotopic (exact) mass is 245 g/mol. The smallest absolute Gasteiger partial charge is 0.179 e. The van der Waals surface area contributed by atoms with Crippen LogP contribution in [0.25, 0.3) is 17.0 Å². The molecule has 0 unspecified atom stereocenters. The molecular formula is C12H8ClN3O. The standard InChI is InChI=1S/C12H8ClN3O/c13-10-5-2-6-16-11(14-15-12(10)16)8-3-1-4-9(17)7-8/h1-7,17H. The van der Waals surface area contributed by atoms with Gasteiger partial charge in [0.1, 0.15) is 5.75 Å². The van der Waals surface area contributed by atoms with Crippen LogP contribution >= 0.6 is 11.6 Å². The van der Waals surface area contributed by atoms with Crippen LogP contribution in [0.2, 0.25) is 5.02 Å². The van der Waals surface area contributed by atoms with Crippen molar-refractivity contribution in [2.45, 2.75) is 0 Å². The Morgan fingerprint density at radius 3 is 2.82 bits per heavy atom. The molecule has 17 heavy (non-hydrogen) atoms. The number of pyridine rings is 1. The maximum Gasteiger partial charge on any atom is 0.179 e. The number of aromatic hydroxyl groups is 1. The molecule has 0 fully saturated rings. The molecule has 3 rings (SSSR count). The normalized spacial score (nSPS) is 10.9. The van der Waals surface area contributed by atoms with Gasteiger partial charge in [-0.05, 0) is 24.3 Å². The topological polar surface area (TPSA) is 50.4 Å². The van der Waals surface area contributed by atoms with Crippen LogP contribution in [0.4, 0.5) is 0 Å². The Labute approximate surface area is 102 Å². The molecule has 0 bridgehead atoms. The average molecular weight is 246 g/mol. The molecule has 0 saturated heterocycles. The van der Waals surface area contributed by atoms with Crippen LogP contribution in [0, 0.1) is 0 Å². The molecule has 0 amide bonds. The minimum absolute atomic E-state index is 0.196. The van der Waals surface area contributed by atoms with Crippen LogP contribution in [-0.2, 0) is 0 Å². The summed E-state index contributed by atoms with van der Waals surface area (Å²) in [5.41, 5.74) is 1.40. The van der Waals surface area contributed by atoms with Gasteiger partial charge in [-0.3, -0.25) is 4.40 Å². The van der Waals surface area contributed by atoms with Gasteiger partial charge in [0.25, 0.3) is 0 Å². The summed E-state index contributed by atoms with van der Waals surface area (Å²) in [7, 11) is 0. The lowest BCUT2D eigenvalue weighted by Gasteiger charge is -2.00. The number of nitrogens with zero attached hydrogens (tertiary/aromatic N) is 3. The van der Waals surface area contributed by atoms with Gasteiger partial charge in [0, 0.05) is 11.8 Å². The van der Waals surface area contributed by atoms with E-state index in [-0.39, 0.29) is 5.75 Å². The summed E-state index contributed by atoms with van der Waals surface area (Å²) in [4.78, 5) is 0. The van der Waals surface area contributed by atoms with E-state index >= 15 is 0 Å². The Morgan fingerprint density at radius 1 is 1.12 bits per heavy atom. The molecule has 0 aliphatic heterocycles. The third-order valence-electron chi connectivity index (χ3n) is 2.49. The molecule has 3 aromatic rings. The Balaban J connectivity index is 2.28. The zero-order valence-electron chi connectivity index (χ0n) is 8.71. The molecule has 0 spiro atoms. The number of phenols is 1. The highest BCUT2D eigenvalue weighted by Gasteiger charge is 2.09. The third-order valence-corrected chi connectivity index (χ3v) is 2.79. The maximum atomic E-state index is 9.46. The molecule has 0 saturated carbocycles. The van der Waals surface area contributed by atoms with Gasteiger partial charge in [-0.25, -0.2) is 0 Å². The van der Waals surface area contributed by atoms with Gasteiger partial charge < -0.3 is 5.11 Å². The number of halogens is 1. The van der Waals surface area contributed by atoms with Gasteiger partial charge in [-0.1, -0.05) is 23.7 Å². The van der Waals surface area contributed by atoms with Crippen molar-refractivity contribution in [3.8, 4) is 17.1 Å². The van der Waals surface area contributed by atoms with Crippen LogP contribution < -0.4 is 0 Å². The number of aromatic nitrogens is 3. The fourth-order valence-electron chi connectivity index (χ4n) is 1.73. The first-order valence-electron chi connectivity index (χ1n) is 5.04. The lowest BCUT2D eigenvalue weighted by atomic mass is 10.2. The van der Waals surface area contributed by atoms with Crippen molar-refractivity contribution in [1.82, 2.24) is 14.6 Å². The second kappa shape index (κ2) is 3.75. The van der Waals surface area contributed by atoms with E-state index in [0.717, 1.165) is 5.56 Å². The first-order valence-corrected chi connectivity index (χ1v) is 5.42. The summed E-state index contributed by atoms with van der Waals surface area (Å²) in [5.74, 6) is 0.847. The quantitative estimate of drug-likeness (QED) is 0.717. The Hall–Kier alpha value is -2.07. The summed E-state index contributed by atoms with van der Waals surface area (Å²) < 4.78 is 1.79. The fraction of sp³-hybridized carbons (Fsp3) is 0. The van der Waals surface area contributed by atoms with Gasteiger partial charge >= 0.3 is 0 Å².